The summed E-state index contributed by atoms with van der Waals surface area (Å²) in [4.78, 5) is 16.7. The summed E-state index contributed by atoms with van der Waals surface area (Å²) in [5.41, 5.74) is 2.47. The van der Waals surface area contributed by atoms with E-state index in [1.807, 2.05) is 30.9 Å². The number of nitrogens with one attached hydrogen (secondary N) is 1. The van der Waals surface area contributed by atoms with Crippen LogP contribution in [0.25, 0.3) is 0 Å². The van der Waals surface area contributed by atoms with Crippen molar-refractivity contribution in [2.24, 2.45) is 11.8 Å². The number of rotatable bonds is 6. The highest BCUT2D eigenvalue weighted by molar-refractivity contribution is 5.43. The number of hydrogen-bond acceptors (Lipinski definition) is 7. The molecule has 0 fully saturated rings. The zero-order valence-electron chi connectivity index (χ0n) is 11.8. The first kappa shape index (κ1) is 14.4. The molecule has 1 heterocycles. The topological polar surface area (TPSA) is 83.2 Å². The van der Waals surface area contributed by atoms with Crippen molar-refractivity contribution < 1.29 is 0 Å². The Labute approximate surface area is 108 Å². The Morgan fingerprint density at radius 3 is 2.28 bits per heavy atom. The van der Waals surface area contributed by atoms with E-state index in [0.717, 1.165) is 13.0 Å². The number of nitrogen functional groups attached to an aromatic ring is 1. The number of hydrazine groups is 1. The SMILES string of the molecule is CCC(C)CN(C)c1nc(NN)nc(N(C)C)n1. The molecule has 18 heavy (non-hydrogen) atoms. The van der Waals surface area contributed by atoms with Gasteiger partial charge in [0.05, 0.1) is 0 Å². The van der Waals surface area contributed by atoms with Crippen molar-refractivity contribution in [1.82, 2.24) is 15.0 Å². The van der Waals surface area contributed by atoms with Gasteiger partial charge in [-0.2, -0.15) is 15.0 Å². The van der Waals surface area contributed by atoms with Crippen molar-refractivity contribution in [1.29, 1.82) is 0 Å². The number of nitrogens with two attached hydrogens (primary N) is 1. The Bertz CT molecular complexity index is 380. The van der Waals surface area contributed by atoms with E-state index in [4.69, 9.17) is 5.84 Å². The second-order valence-electron chi connectivity index (χ2n) is 4.69. The maximum atomic E-state index is 5.38. The molecule has 0 aliphatic heterocycles. The Morgan fingerprint density at radius 1 is 1.17 bits per heavy atom. The molecule has 1 aromatic rings. The second-order valence-corrected chi connectivity index (χ2v) is 4.69. The average Bonchev–Trinajstić information content (AvgIpc) is 2.37. The number of anilines is 3. The maximum absolute atomic E-state index is 5.38. The quantitative estimate of drug-likeness (QED) is 0.570. The molecular formula is C11H23N7. The molecule has 0 aliphatic rings. The summed E-state index contributed by atoms with van der Waals surface area (Å²) in [6.07, 6.45) is 1.12. The molecule has 0 aliphatic carbocycles. The van der Waals surface area contributed by atoms with Gasteiger partial charge in [0.25, 0.3) is 0 Å². The van der Waals surface area contributed by atoms with Gasteiger partial charge in [-0.3, -0.25) is 5.43 Å². The summed E-state index contributed by atoms with van der Waals surface area (Å²) < 4.78 is 0. The molecule has 0 spiro atoms. The van der Waals surface area contributed by atoms with Crippen molar-refractivity contribution in [2.45, 2.75) is 20.3 Å². The lowest BCUT2D eigenvalue weighted by Gasteiger charge is -2.22. The molecule has 1 aromatic heterocycles. The smallest absolute Gasteiger partial charge is 0.243 e. The summed E-state index contributed by atoms with van der Waals surface area (Å²) in [6.45, 7) is 5.27. The van der Waals surface area contributed by atoms with Gasteiger partial charge < -0.3 is 9.80 Å². The monoisotopic (exact) mass is 253 g/mol. The molecule has 1 atom stereocenters. The van der Waals surface area contributed by atoms with Crippen molar-refractivity contribution in [3.8, 4) is 0 Å². The molecule has 102 valence electrons. The normalized spacial score (nSPS) is 12.1. The predicted molar refractivity (Wildman–Crippen MR) is 74.7 cm³/mol. The third-order valence-electron chi connectivity index (χ3n) is 2.76. The molecule has 1 rings (SSSR count). The third-order valence-corrected chi connectivity index (χ3v) is 2.76. The van der Waals surface area contributed by atoms with Crippen molar-refractivity contribution in [3.63, 3.8) is 0 Å². The zero-order valence-corrected chi connectivity index (χ0v) is 11.8. The van der Waals surface area contributed by atoms with E-state index in [1.165, 1.54) is 0 Å². The van der Waals surface area contributed by atoms with E-state index >= 15 is 0 Å². The van der Waals surface area contributed by atoms with Crippen LogP contribution < -0.4 is 21.1 Å². The van der Waals surface area contributed by atoms with Gasteiger partial charge in [-0.1, -0.05) is 20.3 Å². The van der Waals surface area contributed by atoms with Crippen LogP contribution in [0.4, 0.5) is 17.8 Å². The molecule has 0 aromatic carbocycles. The van der Waals surface area contributed by atoms with Crippen LogP contribution in [-0.2, 0) is 0 Å². The van der Waals surface area contributed by atoms with Crippen LogP contribution in [0.1, 0.15) is 20.3 Å². The highest BCUT2D eigenvalue weighted by Gasteiger charge is 2.12. The Morgan fingerprint density at radius 2 is 1.78 bits per heavy atom. The molecule has 0 saturated heterocycles. The summed E-state index contributed by atoms with van der Waals surface area (Å²) in [7, 11) is 5.74. The fourth-order valence-corrected chi connectivity index (χ4v) is 1.47. The van der Waals surface area contributed by atoms with Crippen LogP contribution in [0.2, 0.25) is 0 Å². The van der Waals surface area contributed by atoms with E-state index in [2.05, 4.69) is 34.2 Å². The highest BCUT2D eigenvalue weighted by atomic mass is 15.4. The minimum atomic E-state index is 0.375. The van der Waals surface area contributed by atoms with E-state index in [9.17, 15) is 0 Å². The van der Waals surface area contributed by atoms with Crippen LogP contribution in [0, 0.1) is 5.92 Å². The van der Waals surface area contributed by atoms with E-state index in [-0.39, 0.29) is 0 Å². The Kier molecular flexibility index (Phi) is 5.08. The van der Waals surface area contributed by atoms with Crippen LogP contribution in [0.15, 0.2) is 0 Å². The highest BCUT2D eigenvalue weighted by Crippen LogP contribution is 2.15. The third kappa shape index (κ3) is 3.69. The Balaban J connectivity index is 2.96. The van der Waals surface area contributed by atoms with Crippen molar-refractivity contribution in [3.05, 3.63) is 0 Å². The van der Waals surface area contributed by atoms with Crippen LogP contribution >= 0.6 is 0 Å². The van der Waals surface area contributed by atoms with Gasteiger partial charge in [-0.15, -0.1) is 0 Å². The minimum Gasteiger partial charge on any atom is -0.347 e. The predicted octanol–water partition coefficient (Wildman–Crippen LogP) is 0.706. The number of hydrogen-bond donors (Lipinski definition) is 2. The summed E-state index contributed by atoms with van der Waals surface area (Å²) in [5, 5.41) is 0. The standard InChI is InChI=1S/C11H23N7/c1-6-8(2)7-18(5)11-14-9(16-12)13-10(15-11)17(3)4/h8H,6-7,12H2,1-5H3,(H,13,14,15,16). The molecule has 0 bridgehead atoms. The van der Waals surface area contributed by atoms with Crippen molar-refractivity contribution in [2.75, 3.05) is 42.9 Å². The summed E-state index contributed by atoms with van der Waals surface area (Å²) >= 11 is 0. The van der Waals surface area contributed by atoms with Gasteiger partial charge in [0.2, 0.25) is 17.8 Å². The van der Waals surface area contributed by atoms with Crippen LogP contribution in [-0.4, -0.2) is 42.6 Å². The molecule has 0 radical (unpaired) electrons. The van der Waals surface area contributed by atoms with E-state index < -0.39 is 0 Å². The molecule has 7 heteroatoms. The van der Waals surface area contributed by atoms with E-state index in [0.29, 0.717) is 23.8 Å². The molecular weight excluding hydrogens is 230 g/mol. The summed E-state index contributed by atoms with van der Waals surface area (Å²) in [5.74, 6) is 7.55. The first-order valence-corrected chi connectivity index (χ1v) is 6.09. The van der Waals surface area contributed by atoms with Gasteiger partial charge in [0.15, 0.2) is 0 Å². The van der Waals surface area contributed by atoms with Gasteiger partial charge in [-0.25, -0.2) is 5.84 Å². The fourth-order valence-electron chi connectivity index (χ4n) is 1.47. The van der Waals surface area contributed by atoms with E-state index in [1.54, 1.807) is 0 Å². The van der Waals surface area contributed by atoms with Crippen LogP contribution in [0.3, 0.4) is 0 Å². The lowest BCUT2D eigenvalue weighted by Crippen LogP contribution is -2.27. The van der Waals surface area contributed by atoms with Gasteiger partial charge in [0.1, 0.15) is 0 Å². The molecule has 0 saturated carbocycles. The lowest BCUT2D eigenvalue weighted by molar-refractivity contribution is 0.555. The Hall–Kier alpha value is -1.63. The lowest BCUT2D eigenvalue weighted by atomic mass is 10.1. The second kappa shape index (κ2) is 6.34. The van der Waals surface area contributed by atoms with Gasteiger partial charge >= 0.3 is 0 Å². The number of nitrogens with zero attached hydrogens (tertiary/aromatic N) is 5. The average molecular weight is 253 g/mol. The first-order chi connectivity index (χ1) is 8.47. The fraction of sp³-hybridized carbons (Fsp3) is 0.727. The molecule has 0 amide bonds. The van der Waals surface area contributed by atoms with Crippen molar-refractivity contribution >= 4 is 17.8 Å². The first-order valence-electron chi connectivity index (χ1n) is 6.09. The van der Waals surface area contributed by atoms with Crippen LogP contribution in [0.5, 0.6) is 0 Å². The minimum absolute atomic E-state index is 0.375. The van der Waals surface area contributed by atoms with Gasteiger partial charge in [-0.05, 0) is 5.92 Å². The molecule has 3 N–H and O–H groups in total. The zero-order chi connectivity index (χ0) is 13.7. The maximum Gasteiger partial charge on any atom is 0.243 e. The molecule has 7 nitrogen and oxygen atoms in total. The largest absolute Gasteiger partial charge is 0.347 e. The number of aromatic nitrogens is 3. The van der Waals surface area contributed by atoms with Gasteiger partial charge in [0, 0.05) is 27.7 Å². The molecule has 1 unspecified atom stereocenters. The summed E-state index contributed by atoms with van der Waals surface area (Å²) in [6, 6.07) is 0.